The third-order valence-electron chi connectivity index (χ3n) is 5.08. The van der Waals surface area contributed by atoms with Gasteiger partial charge in [-0.1, -0.05) is 60.6 Å². The number of nitrogens with one attached hydrogen (secondary N) is 1. The fraction of sp³-hybridized carbons (Fsp3) is 0.381. The third-order valence-corrected chi connectivity index (χ3v) is 6.04. The summed E-state index contributed by atoms with van der Waals surface area (Å²) in [5.74, 6) is 1.43. The second-order valence-electron chi connectivity index (χ2n) is 7.01. The Morgan fingerprint density at radius 1 is 1.15 bits per heavy atom. The smallest absolute Gasteiger partial charge is 0.230 e. The minimum absolute atomic E-state index is 0.0198. The number of amides is 1. The van der Waals surface area contributed by atoms with E-state index in [1.165, 1.54) is 35.4 Å². The van der Waals surface area contributed by atoms with Crippen LogP contribution in [0.4, 0.5) is 0 Å². The summed E-state index contributed by atoms with van der Waals surface area (Å²) in [6.07, 6.45) is 4.54. The van der Waals surface area contributed by atoms with Gasteiger partial charge in [-0.05, 0) is 36.1 Å². The fourth-order valence-electron chi connectivity index (χ4n) is 3.68. The predicted molar refractivity (Wildman–Crippen MR) is 109 cm³/mol. The van der Waals surface area contributed by atoms with Crippen LogP contribution in [0.5, 0.6) is 0 Å². The Bertz CT molecular complexity index is 947. The Morgan fingerprint density at radius 2 is 2.00 bits per heavy atom. The highest BCUT2D eigenvalue weighted by Gasteiger charge is 2.17. The molecule has 0 unspecified atom stereocenters. The van der Waals surface area contributed by atoms with Crippen molar-refractivity contribution in [3.8, 4) is 0 Å². The average molecular weight is 381 g/mol. The molecule has 0 spiro atoms. The van der Waals surface area contributed by atoms with Crippen LogP contribution in [0.2, 0.25) is 0 Å². The molecule has 1 amide bonds. The van der Waals surface area contributed by atoms with Crippen molar-refractivity contribution in [2.24, 2.45) is 0 Å². The number of rotatable bonds is 5. The summed E-state index contributed by atoms with van der Waals surface area (Å²) in [5, 5.41) is 14.9. The van der Waals surface area contributed by atoms with Gasteiger partial charge >= 0.3 is 0 Å². The van der Waals surface area contributed by atoms with E-state index < -0.39 is 0 Å². The molecule has 6 heteroatoms. The molecule has 3 aromatic rings. The second kappa shape index (κ2) is 8.13. The molecule has 0 saturated heterocycles. The normalized spacial score (nSPS) is 15.1. The van der Waals surface area contributed by atoms with Crippen molar-refractivity contribution < 1.29 is 4.79 Å². The van der Waals surface area contributed by atoms with Crippen LogP contribution >= 0.6 is 11.8 Å². The van der Waals surface area contributed by atoms with E-state index in [9.17, 15) is 4.79 Å². The molecule has 1 aromatic heterocycles. The fourth-order valence-corrected chi connectivity index (χ4v) is 4.48. The number of benzene rings is 2. The van der Waals surface area contributed by atoms with E-state index in [0.717, 1.165) is 35.9 Å². The van der Waals surface area contributed by atoms with Gasteiger partial charge in [-0.3, -0.25) is 4.79 Å². The van der Waals surface area contributed by atoms with Crippen molar-refractivity contribution in [1.82, 2.24) is 20.1 Å². The quantitative estimate of drug-likeness (QED) is 0.676. The predicted octanol–water partition coefficient (Wildman–Crippen LogP) is 4.13. The standard InChI is InChI=1S/C21H24N4OS/c1-15(17-11-7-9-16-8-4-5-10-18(16)17)22-20(26)14-27-21-24-23-19-12-3-2-6-13-25(19)21/h4-5,7-11,15H,2-3,6,12-14H2,1H3,(H,22,26)/t15-/m0/s1. The number of fused-ring (bicyclic) bond motifs is 2. The lowest BCUT2D eigenvalue weighted by atomic mass is 10.00. The van der Waals surface area contributed by atoms with E-state index in [-0.39, 0.29) is 11.9 Å². The van der Waals surface area contributed by atoms with E-state index in [0.29, 0.717) is 5.75 Å². The Balaban J connectivity index is 1.40. The summed E-state index contributed by atoms with van der Waals surface area (Å²) in [4.78, 5) is 12.5. The largest absolute Gasteiger partial charge is 0.349 e. The average Bonchev–Trinajstić information content (AvgIpc) is 2.92. The summed E-state index contributed by atoms with van der Waals surface area (Å²) in [6.45, 7) is 2.99. The minimum Gasteiger partial charge on any atom is -0.349 e. The van der Waals surface area contributed by atoms with E-state index in [2.05, 4.69) is 44.3 Å². The van der Waals surface area contributed by atoms with Crippen LogP contribution in [0.3, 0.4) is 0 Å². The first-order valence-corrected chi connectivity index (χ1v) is 10.5. The zero-order valence-electron chi connectivity index (χ0n) is 15.5. The molecular formula is C21H24N4OS. The molecule has 1 atom stereocenters. The van der Waals surface area contributed by atoms with Crippen molar-refractivity contribution in [2.45, 2.75) is 50.4 Å². The molecule has 0 aliphatic carbocycles. The molecule has 0 bridgehead atoms. The van der Waals surface area contributed by atoms with Crippen LogP contribution in [0.15, 0.2) is 47.6 Å². The number of thioether (sulfide) groups is 1. The van der Waals surface area contributed by atoms with Crippen molar-refractivity contribution >= 4 is 28.4 Å². The first kappa shape index (κ1) is 18.0. The molecule has 5 nitrogen and oxygen atoms in total. The summed E-state index contributed by atoms with van der Waals surface area (Å²) in [6, 6.07) is 14.5. The molecule has 2 heterocycles. The van der Waals surface area contributed by atoms with E-state index in [4.69, 9.17) is 0 Å². The second-order valence-corrected chi connectivity index (χ2v) is 7.95. The topological polar surface area (TPSA) is 59.8 Å². The van der Waals surface area contributed by atoms with Crippen molar-refractivity contribution in [1.29, 1.82) is 0 Å². The van der Waals surface area contributed by atoms with Gasteiger partial charge in [-0.25, -0.2) is 0 Å². The van der Waals surface area contributed by atoms with Crippen LogP contribution in [-0.2, 0) is 17.8 Å². The van der Waals surface area contributed by atoms with Gasteiger partial charge in [0.25, 0.3) is 0 Å². The van der Waals surface area contributed by atoms with E-state index in [1.54, 1.807) is 0 Å². The highest BCUT2D eigenvalue weighted by Crippen LogP contribution is 2.25. The Hall–Kier alpha value is -2.34. The van der Waals surface area contributed by atoms with Crippen LogP contribution in [0.1, 0.15) is 43.6 Å². The number of nitrogens with zero attached hydrogens (tertiary/aromatic N) is 3. The molecule has 2 aromatic carbocycles. The van der Waals surface area contributed by atoms with Crippen LogP contribution in [0, 0.1) is 0 Å². The van der Waals surface area contributed by atoms with Gasteiger partial charge in [-0.2, -0.15) is 0 Å². The maximum Gasteiger partial charge on any atom is 0.230 e. The number of carbonyl (C=O) groups is 1. The van der Waals surface area contributed by atoms with Gasteiger partial charge in [0.2, 0.25) is 5.91 Å². The summed E-state index contributed by atoms with van der Waals surface area (Å²) >= 11 is 1.48. The lowest BCUT2D eigenvalue weighted by Gasteiger charge is -2.16. The highest BCUT2D eigenvalue weighted by molar-refractivity contribution is 7.99. The van der Waals surface area contributed by atoms with E-state index >= 15 is 0 Å². The lowest BCUT2D eigenvalue weighted by molar-refractivity contribution is -0.119. The van der Waals surface area contributed by atoms with Gasteiger partial charge in [0.1, 0.15) is 5.82 Å². The molecule has 0 radical (unpaired) electrons. The molecule has 4 rings (SSSR count). The lowest BCUT2D eigenvalue weighted by Crippen LogP contribution is -2.28. The highest BCUT2D eigenvalue weighted by atomic mass is 32.2. The van der Waals surface area contributed by atoms with Crippen molar-refractivity contribution in [3.63, 3.8) is 0 Å². The van der Waals surface area contributed by atoms with Crippen LogP contribution in [-0.4, -0.2) is 26.4 Å². The minimum atomic E-state index is -0.0419. The van der Waals surface area contributed by atoms with Crippen LogP contribution < -0.4 is 5.32 Å². The number of hydrogen-bond acceptors (Lipinski definition) is 4. The number of aryl methyl sites for hydroxylation is 1. The summed E-state index contributed by atoms with van der Waals surface area (Å²) in [7, 11) is 0. The van der Waals surface area contributed by atoms with Gasteiger partial charge in [0, 0.05) is 13.0 Å². The van der Waals surface area contributed by atoms with E-state index in [1.807, 2.05) is 25.1 Å². The molecule has 0 fully saturated rings. The first-order chi connectivity index (χ1) is 13.2. The Morgan fingerprint density at radius 3 is 2.93 bits per heavy atom. The maximum atomic E-state index is 12.5. The maximum absolute atomic E-state index is 12.5. The molecule has 27 heavy (non-hydrogen) atoms. The monoisotopic (exact) mass is 380 g/mol. The van der Waals surface area contributed by atoms with Gasteiger partial charge < -0.3 is 9.88 Å². The third kappa shape index (κ3) is 4.00. The van der Waals surface area contributed by atoms with Crippen molar-refractivity contribution in [3.05, 3.63) is 53.9 Å². The van der Waals surface area contributed by atoms with Gasteiger partial charge in [-0.15, -0.1) is 10.2 Å². The Labute approximate surface area is 163 Å². The summed E-state index contributed by atoms with van der Waals surface area (Å²) < 4.78 is 2.18. The zero-order chi connectivity index (χ0) is 18.6. The molecule has 1 aliphatic heterocycles. The van der Waals surface area contributed by atoms with Gasteiger partial charge in [0.15, 0.2) is 5.16 Å². The number of hydrogen-bond donors (Lipinski definition) is 1. The molecule has 1 N–H and O–H groups in total. The summed E-state index contributed by atoms with van der Waals surface area (Å²) in [5.41, 5.74) is 1.14. The number of carbonyl (C=O) groups excluding carboxylic acids is 1. The number of aromatic nitrogens is 3. The van der Waals surface area contributed by atoms with Crippen LogP contribution in [0.25, 0.3) is 10.8 Å². The molecule has 140 valence electrons. The molecular weight excluding hydrogens is 356 g/mol. The Kier molecular flexibility index (Phi) is 5.43. The molecule has 0 saturated carbocycles. The zero-order valence-corrected chi connectivity index (χ0v) is 16.3. The van der Waals surface area contributed by atoms with Gasteiger partial charge in [0.05, 0.1) is 11.8 Å². The van der Waals surface area contributed by atoms with Crippen molar-refractivity contribution in [2.75, 3.05) is 5.75 Å². The SMILES string of the molecule is C[C@H](NC(=O)CSc1nnc2n1CCCCC2)c1cccc2ccccc12. The molecule has 1 aliphatic rings. The first-order valence-electron chi connectivity index (χ1n) is 9.54.